The topological polar surface area (TPSA) is 101 Å². The number of carbonyl (C=O) groups is 2. The zero-order valence-electron chi connectivity index (χ0n) is 22.5. The van der Waals surface area contributed by atoms with Gasteiger partial charge in [0.2, 0.25) is 11.6 Å². The van der Waals surface area contributed by atoms with Crippen molar-refractivity contribution in [3.8, 4) is 28.5 Å². The molecular weight excluding hydrogens is 535 g/mol. The molecule has 4 aromatic carbocycles. The van der Waals surface area contributed by atoms with Crippen LogP contribution in [0.3, 0.4) is 0 Å². The van der Waals surface area contributed by atoms with Gasteiger partial charge in [-0.2, -0.15) is 0 Å². The fourth-order valence-electron chi connectivity index (χ4n) is 5.61. The van der Waals surface area contributed by atoms with Gasteiger partial charge in [0.15, 0.2) is 11.6 Å². The number of amides is 2. The van der Waals surface area contributed by atoms with E-state index < -0.39 is 11.5 Å². The molecule has 0 unspecified atom stereocenters. The minimum absolute atomic E-state index is 0.203. The van der Waals surface area contributed by atoms with Gasteiger partial charge in [0.1, 0.15) is 18.1 Å². The third-order valence-electron chi connectivity index (χ3n) is 7.56. The van der Waals surface area contributed by atoms with Crippen LogP contribution in [0.1, 0.15) is 11.1 Å². The van der Waals surface area contributed by atoms with E-state index in [1.54, 1.807) is 23.9 Å². The average Bonchev–Trinajstić information content (AvgIpc) is 3.57. The lowest BCUT2D eigenvalue weighted by Gasteiger charge is -2.36. The van der Waals surface area contributed by atoms with Crippen molar-refractivity contribution in [2.75, 3.05) is 23.9 Å². The summed E-state index contributed by atoms with van der Waals surface area (Å²) in [7, 11) is 1.59. The molecule has 2 aliphatic heterocycles. The van der Waals surface area contributed by atoms with Crippen molar-refractivity contribution in [3.05, 3.63) is 114 Å². The summed E-state index contributed by atoms with van der Waals surface area (Å²) in [4.78, 5) is 34.0. The average molecular weight is 561 g/mol. The summed E-state index contributed by atoms with van der Waals surface area (Å²) in [6.07, 6.45) is 0. The zero-order chi connectivity index (χ0) is 28.8. The van der Waals surface area contributed by atoms with E-state index in [4.69, 9.17) is 14.8 Å². The first-order chi connectivity index (χ1) is 20.5. The monoisotopic (exact) mass is 560 g/mol. The third kappa shape index (κ3) is 3.99. The fourth-order valence-corrected chi connectivity index (χ4v) is 5.61. The van der Waals surface area contributed by atoms with E-state index in [0.29, 0.717) is 34.1 Å². The molecule has 42 heavy (non-hydrogen) atoms. The molecule has 0 radical (unpaired) electrons. The van der Waals surface area contributed by atoms with Crippen molar-refractivity contribution >= 4 is 23.2 Å². The SMILES string of the molecule is COc1cccc(CNC(=O)CN2C(=O)[C@]3(Nc4ccccc4-c4nc(-c5cccc(F)c5)nn43)c3ccccc32)c1. The van der Waals surface area contributed by atoms with Gasteiger partial charge < -0.3 is 15.4 Å². The Bertz CT molecular complexity index is 1870. The molecule has 1 atom stereocenters. The van der Waals surface area contributed by atoms with Gasteiger partial charge in [-0.25, -0.2) is 14.1 Å². The first-order valence-corrected chi connectivity index (χ1v) is 13.4. The number of fused-ring (bicyclic) bond motifs is 6. The van der Waals surface area contributed by atoms with Crippen LogP contribution in [0, 0.1) is 5.82 Å². The summed E-state index contributed by atoms with van der Waals surface area (Å²) in [5.41, 5.74) is 2.49. The smallest absolute Gasteiger partial charge is 0.281 e. The summed E-state index contributed by atoms with van der Waals surface area (Å²) in [5, 5.41) is 11.1. The van der Waals surface area contributed by atoms with Gasteiger partial charge in [0.05, 0.1) is 12.8 Å². The Kier molecular flexibility index (Phi) is 5.97. The van der Waals surface area contributed by atoms with Crippen molar-refractivity contribution in [2.24, 2.45) is 0 Å². The van der Waals surface area contributed by atoms with E-state index in [2.05, 4.69) is 10.6 Å². The van der Waals surface area contributed by atoms with Gasteiger partial charge in [0, 0.05) is 28.9 Å². The van der Waals surface area contributed by atoms with Crippen molar-refractivity contribution in [1.29, 1.82) is 0 Å². The maximum absolute atomic E-state index is 14.5. The van der Waals surface area contributed by atoms with Crippen LogP contribution in [0.2, 0.25) is 0 Å². The Morgan fingerprint density at radius 1 is 1.00 bits per heavy atom. The molecule has 0 saturated carbocycles. The number of ether oxygens (including phenoxy) is 1. The van der Waals surface area contributed by atoms with Gasteiger partial charge in [0.25, 0.3) is 5.91 Å². The number of nitrogens with zero attached hydrogens (tertiary/aromatic N) is 4. The standard InChI is InChI=1S/C32H25FN6O3/c1-42-23-11-6-8-20(16-23)18-34-28(40)19-38-27-15-5-3-13-25(27)32(31(38)41)36-26-14-4-2-12-24(26)30-35-29(37-39(30)32)21-9-7-10-22(33)17-21/h2-17,36H,18-19H2,1H3,(H,34,40)/t32-/m0/s1. The molecule has 0 bridgehead atoms. The second kappa shape index (κ2) is 9.84. The third-order valence-corrected chi connectivity index (χ3v) is 7.56. The Morgan fingerprint density at radius 2 is 1.81 bits per heavy atom. The number of carbonyl (C=O) groups excluding carboxylic acids is 2. The van der Waals surface area contributed by atoms with Crippen molar-refractivity contribution in [2.45, 2.75) is 12.2 Å². The second-order valence-electron chi connectivity index (χ2n) is 10.1. The second-order valence-corrected chi connectivity index (χ2v) is 10.1. The molecule has 0 saturated heterocycles. The fraction of sp³-hybridized carbons (Fsp3) is 0.125. The van der Waals surface area contributed by atoms with Crippen LogP contribution in [-0.2, 0) is 21.8 Å². The van der Waals surface area contributed by atoms with Crippen molar-refractivity contribution in [1.82, 2.24) is 20.1 Å². The van der Waals surface area contributed by atoms with Crippen LogP contribution in [0.4, 0.5) is 15.8 Å². The number of methoxy groups -OCH3 is 1. The van der Waals surface area contributed by atoms with Crippen molar-refractivity contribution < 1.29 is 18.7 Å². The number of halogens is 1. The predicted octanol–water partition coefficient (Wildman–Crippen LogP) is 4.55. The molecule has 9 nitrogen and oxygen atoms in total. The van der Waals surface area contributed by atoms with Crippen LogP contribution in [0.5, 0.6) is 5.75 Å². The lowest BCUT2D eigenvalue weighted by atomic mass is 9.96. The summed E-state index contributed by atoms with van der Waals surface area (Å²) in [6.45, 7) is 0.0758. The molecule has 2 N–H and O–H groups in total. The molecule has 5 aromatic rings. The molecule has 0 fully saturated rings. The van der Waals surface area contributed by atoms with Crippen molar-refractivity contribution in [3.63, 3.8) is 0 Å². The van der Waals surface area contributed by atoms with E-state index in [1.165, 1.54) is 17.0 Å². The van der Waals surface area contributed by atoms with E-state index in [-0.39, 0.29) is 30.7 Å². The molecule has 3 heterocycles. The molecular formula is C32H25FN6O3. The predicted molar refractivity (Wildman–Crippen MR) is 155 cm³/mol. The number of benzene rings is 4. The Balaban J connectivity index is 1.28. The molecule has 208 valence electrons. The maximum atomic E-state index is 14.5. The van der Waals surface area contributed by atoms with Crippen LogP contribution in [-0.4, -0.2) is 40.2 Å². The van der Waals surface area contributed by atoms with E-state index in [9.17, 15) is 14.0 Å². The van der Waals surface area contributed by atoms with Crippen LogP contribution in [0.25, 0.3) is 22.8 Å². The normalized spacial score (nSPS) is 16.4. The van der Waals surface area contributed by atoms with Gasteiger partial charge in [-0.05, 0) is 48.0 Å². The minimum Gasteiger partial charge on any atom is -0.497 e. The van der Waals surface area contributed by atoms with Gasteiger partial charge in [-0.15, -0.1) is 5.10 Å². The summed E-state index contributed by atoms with van der Waals surface area (Å²) < 4.78 is 21.0. The first-order valence-electron chi connectivity index (χ1n) is 13.4. The maximum Gasteiger partial charge on any atom is 0.281 e. The molecule has 1 spiro atoms. The molecule has 10 heteroatoms. The number of hydrogen-bond donors (Lipinski definition) is 2. The Labute approximate surface area is 240 Å². The highest BCUT2D eigenvalue weighted by Gasteiger charge is 2.57. The quantitative estimate of drug-likeness (QED) is 0.316. The summed E-state index contributed by atoms with van der Waals surface area (Å²) in [5.74, 6) is 0.303. The van der Waals surface area contributed by atoms with E-state index >= 15 is 0 Å². The van der Waals surface area contributed by atoms with E-state index in [1.807, 2.05) is 72.8 Å². The number of hydrogen-bond acceptors (Lipinski definition) is 6. The van der Waals surface area contributed by atoms with Crippen LogP contribution >= 0.6 is 0 Å². The molecule has 1 aromatic heterocycles. The molecule has 0 aliphatic carbocycles. The zero-order valence-corrected chi connectivity index (χ0v) is 22.5. The van der Waals surface area contributed by atoms with Crippen LogP contribution < -0.4 is 20.3 Å². The number of anilines is 2. The molecule has 2 aliphatic rings. The van der Waals surface area contributed by atoms with Gasteiger partial charge in [-0.1, -0.05) is 54.6 Å². The number of aromatic nitrogens is 3. The van der Waals surface area contributed by atoms with E-state index in [0.717, 1.165) is 11.1 Å². The highest BCUT2D eigenvalue weighted by molar-refractivity contribution is 6.13. The summed E-state index contributed by atoms with van der Waals surface area (Å²) >= 11 is 0. The van der Waals surface area contributed by atoms with Gasteiger partial charge in [-0.3, -0.25) is 14.5 Å². The van der Waals surface area contributed by atoms with Crippen LogP contribution in [0.15, 0.2) is 97.1 Å². The number of rotatable bonds is 6. The summed E-state index contributed by atoms with van der Waals surface area (Å²) in [6, 6.07) is 28.3. The number of nitrogens with one attached hydrogen (secondary N) is 2. The minimum atomic E-state index is -1.51. The molecule has 2 amide bonds. The van der Waals surface area contributed by atoms with Gasteiger partial charge >= 0.3 is 0 Å². The highest BCUT2D eigenvalue weighted by Crippen LogP contribution is 2.49. The Hall–Kier alpha value is -5.51. The number of para-hydroxylation sites is 2. The molecule has 7 rings (SSSR count). The Morgan fingerprint density at radius 3 is 2.67 bits per heavy atom. The first kappa shape index (κ1) is 25.5. The largest absolute Gasteiger partial charge is 0.497 e. The highest BCUT2D eigenvalue weighted by atomic mass is 19.1. The lowest BCUT2D eigenvalue weighted by Crippen LogP contribution is -2.54. The lowest BCUT2D eigenvalue weighted by molar-refractivity contribution is -0.126.